The summed E-state index contributed by atoms with van der Waals surface area (Å²) in [6, 6.07) is 19.3. The van der Waals surface area contributed by atoms with Gasteiger partial charge >= 0.3 is 0 Å². The van der Waals surface area contributed by atoms with Crippen LogP contribution < -0.4 is 21.3 Å². The van der Waals surface area contributed by atoms with E-state index in [-0.39, 0.29) is 66.3 Å². The largest absolute Gasteiger partial charge is 0.497 e. The number of amides is 1. The number of hydrogen-bond acceptors (Lipinski definition) is 8. The lowest BCUT2D eigenvalue weighted by atomic mass is 10.0. The van der Waals surface area contributed by atoms with Gasteiger partial charge in [-0.2, -0.15) is 4.31 Å². The minimum Gasteiger partial charge on any atom is -0.497 e. The molecule has 3 N–H and O–H groups in total. The van der Waals surface area contributed by atoms with Crippen molar-refractivity contribution in [1.82, 2.24) is 24.1 Å². The van der Waals surface area contributed by atoms with Crippen molar-refractivity contribution in [3.63, 3.8) is 0 Å². The number of fused-ring (bicyclic) bond motifs is 1. The first-order valence-electron chi connectivity index (χ1n) is 15.6. The van der Waals surface area contributed by atoms with Gasteiger partial charge in [-0.3, -0.25) is 19.1 Å². The summed E-state index contributed by atoms with van der Waals surface area (Å²) in [6.07, 6.45) is -0.122. The quantitative estimate of drug-likeness (QED) is 0.203. The van der Waals surface area contributed by atoms with Crippen LogP contribution in [-0.4, -0.2) is 72.9 Å². The number of nitrogens with one attached hydrogen (secondary N) is 1. The molecule has 6 rings (SSSR count). The zero-order chi connectivity index (χ0) is 35.6. The molecule has 1 aliphatic heterocycles. The molecule has 0 bridgehead atoms. The highest BCUT2D eigenvalue weighted by Gasteiger charge is 2.30. The number of halogens is 3. The average molecular weight is 723 g/mol. The molecule has 11 nitrogen and oxygen atoms in total. The number of ether oxygens (including phenoxy) is 1. The van der Waals surface area contributed by atoms with Gasteiger partial charge in [-0.25, -0.2) is 22.2 Å². The van der Waals surface area contributed by atoms with Crippen LogP contribution in [0.2, 0.25) is 5.02 Å². The molecule has 0 spiro atoms. The first-order valence-corrected chi connectivity index (χ1v) is 17.4. The number of benzene rings is 4. The zero-order valence-corrected chi connectivity index (χ0v) is 28.4. The number of piperazine rings is 1. The maximum atomic E-state index is 14.3. The summed E-state index contributed by atoms with van der Waals surface area (Å²) in [5, 5.41) is 3.53. The van der Waals surface area contributed by atoms with Gasteiger partial charge in [-0.1, -0.05) is 11.6 Å². The van der Waals surface area contributed by atoms with Gasteiger partial charge in [-0.05, 0) is 84.4 Å². The van der Waals surface area contributed by atoms with Crippen molar-refractivity contribution in [1.29, 1.82) is 0 Å². The highest BCUT2D eigenvalue weighted by Crippen LogP contribution is 2.26. The van der Waals surface area contributed by atoms with Crippen molar-refractivity contribution < 1.29 is 26.7 Å². The van der Waals surface area contributed by atoms with Crippen LogP contribution in [0, 0.1) is 11.6 Å². The van der Waals surface area contributed by atoms with E-state index in [1.807, 2.05) is 0 Å². The topological polar surface area (TPSA) is 140 Å². The Morgan fingerprint density at radius 2 is 1.62 bits per heavy atom. The number of nitrogens with two attached hydrogens (primary N) is 1. The molecule has 1 aliphatic rings. The zero-order valence-electron chi connectivity index (χ0n) is 26.9. The Balaban J connectivity index is 1.31. The van der Waals surface area contributed by atoms with Gasteiger partial charge in [0.05, 0.1) is 41.2 Å². The summed E-state index contributed by atoms with van der Waals surface area (Å²) in [5.41, 5.74) is 6.61. The van der Waals surface area contributed by atoms with E-state index >= 15 is 0 Å². The van der Waals surface area contributed by atoms with Crippen LogP contribution in [0.25, 0.3) is 16.6 Å². The van der Waals surface area contributed by atoms with Gasteiger partial charge in [0, 0.05) is 49.4 Å². The van der Waals surface area contributed by atoms with Crippen LogP contribution in [-0.2, 0) is 21.2 Å². The highest BCUT2D eigenvalue weighted by atomic mass is 35.5. The fourth-order valence-corrected chi connectivity index (χ4v) is 7.51. The number of aromatic nitrogens is 2. The minimum atomic E-state index is -3.76. The van der Waals surface area contributed by atoms with Crippen LogP contribution in [0.3, 0.4) is 0 Å². The predicted octanol–water partition coefficient (Wildman–Crippen LogP) is 4.31. The number of nitrogen functional groups attached to an aromatic ring is 1. The summed E-state index contributed by atoms with van der Waals surface area (Å²) in [6.45, 7) is 0.720. The van der Waals surface area contributed by atoms with E-state index in [2.05, 4.69) is 5.32 Å². The molecule has 0 aliphatic carbocycles. The van der Waals surface area contributed by atoms with Gasteiger partial charge in [0.25, 0.3) is 5.56 Å². The van der Waals surface area contributed by atoms with E-state index in [0.717, 1.165) is 18.2 Å². The molecule has 5 aromatic rings. The lowest BCUT2D eigenvalue weighted by Gasteiger charge is -2.34. The van der Waals surface area contributed by atoms with Crippen molar-refractivity contribution >= 4 is 44.1 Å². The summed E-state index contributed by atoms with van der Waals surface area (Å²) in [4.78, 5) is 34.5. The second-order valence-corrected chi connectivity index (χ2v) is 14.2. The molecule has 1 amide bonds. The minimum absolute atomic E-state index is 0.104. The third-order valence-electron chi connectivity index (χ3n) is 8.41. The first-order chi connectivity index (χ1) is 23.9. The standard InChI is InChI=1S/C35H33ClF2N6O5S/c1-49-28-7-5-27(6-8-28)44-34(41-31-19-23(36)2-11-30(31)35(44)46)32(18-22-16-24(37)20-25(38)17-22)40-33(45)21-42-12-14-43(15-13-42)50(47,48)29-9-3-26(39)4-10-29/h2-11,16-17,19-20,32H,12-15,18,21,39H2,1H3,(H,40,45)/t32-/m0/s1. The molecule has 50 heavy (non-hydrogen) atoms. The van der Waals surface area contributed by atoms with E-state index in [1.54, 1.807) is 41.3 Å². The normalized spacial score (nSPS) is 14.8. The van der Waals surface area contributed by atoms with Gasteiger partial charge in [0.15, 0.2) is 0 Å². The Morgan fingerprint density at radius 1 is 0.960 bits per heavy atom. The number of anilines is 1. The van der Waals surface area contributed by atoms with Gasteiger partial charge in [-0.15, -0.1) is 0 Å². The fraction of sp³-hybridized carbons (Fsp3) is 0.229. The molecular formula is C35H33ClF2N6O5S. The molecule has 0 radical (unpaired) electrons. The van der Waals surface area contributed by atoms with E-state index in [0.29, 0.717) is 22.1 Å². The molecule has 15 heteroatoms. The van der Waals surface area contributed by atoms with E-state index in [1.165, 1.54) is 46.3 Å². The Hall–Kier alpha value is -4.89. The first kappa shape index (κ1) is 35.0. The fourth-order valence-electron chi connectivity index (χ4n) is 5.92. The Morgan fingerprint density at radius 3 is 2.26 bits per heavy atom. The van der Waals surface area contributed by atoms with Crippen LogP contribution in [0.1, 0.15) is 17.4 Å². The summed E-state index contributed by atoms with van der Waals surface area (Å²) >= 11 is 6.26. The van der Waals surface area contributed by atoms with Crippen LogP contribution >= 0.6 is 11.6 Å². The predicted molar refractivity (Wildman–Crippen MR) is 186 cm³/mol. The van der Waals surface area contributed by atoms with Crippen molar-refractivity contribution in [3.05, 3.63) is 123 Å². The maximum absolute atomic E-state index is 14.3. The van der Waals surface area contributed by atoms with Gasteiger partial charge in [0.2, 0.25) is 15.9 Å². The smallest absolute Gasteiger partial charge is 0.266 e. The summed E-state index contributed by atoms with van der Waals surface area (Å²) < 4.78 is 63.0. The molecule has 1 saturated heterocycles. The third kappa shape index (κ3) is 7.63. The Bertz CT molecular complexity index is 2190. The number of rotatable bonds is 10. The Labute approximate surface area is 291 Å². The average Bonchev–Trinajstić information content (AvgIpc) is 3.08. The highest BCUT2D eigenvalue weighted by molar-refractivity contribution is 7.89. The van der Waals surface area contributed by atoms with Crippen molar-refractivity contribution in [3.8, 4) is 11.4 Å². The second-order valence-electron chi connectivity index (χ2n) is 11.8. The van der Waals surface area contributed by atoms with Crippen LogP contribution in [0.5, 0.6) is 5.75 Å². The monoisotopic (exact) mass is 722 g/mol. The Kier molecular flexibility index (Phi) is 10.2. The van der Waals surface area contributed by atoms with Crippen molar-refractivity contribution in [2.24, 2.45) is 0 Å². The molecular weight excluding hydrogens is 690 g/mol. The van der Waals surface area contributed by atoms with E-state index in [4.69, 9.17) is 27.1 Å². The lowest BCUT2D eigenvalue weighted by molar-refractivity contribution is -0.123. The SMILES string of the molecule is COc1ccc(-n2c([C@H](Cc3cc(F)cc(F)c3)NC(=O)CN3CCN(S(=O)(=O)c4ccc(N)cc4)CC3)nc3cc(Cl)ccc3c2=O)cc1. The maximum Gasteiger partial charge on any atom is 0.266 e. The number of nitrogens with zero attached hydrogens (tertiary/aromatic N) is 4. The van der Waals surface area contributed by atoms with Gasteiger partial charge in [0.1, 0.15) is 23.2 Å². The number of sulfonamides is 1. The van der Waals surface area contributed by atoms with Gasteiger partial charge < -0.3 is 15.8 Å². The molecule has 260 valence electrons. The summed E-state index contributed by atoms with van der Waals surface area (Å²) in [5.74, 6) is -1.42. The number of carbonyl (C=O) groups is 1. The second kappa shape index (κ2) is 14.5. The lowest BCUT2D eigenvalue weighted by Crippen LogP contribution is -2.51. The molecule has 1 atom stereocenters. The molecule has 0 unspecified atom stereocenters. The molecule has 2 heterocycles. The molecule has 1 aromatic heterocycles. The molecule has 4 aromatic carbocycles. The van der Waals surface area contributed by atoms with Crippen molar-refractivity contribution in [2.75, 3.05) is 45.6 Å². The number of carbonyl (C=O) groups excluding carboxylic acids is 1. The summed E-state index contributed by atoms with van der Waals surface area (Å²) in [7, 11) is -2.25. The molecule has 1 fully saturated rings. The number of hydrogen-bond donors (Lipinski definition) is 2. The molecule has 0 saturated carbocycles. The van der Waals surface area contributed by atoms with Crippen LogP contribution in [0.15, 0.2) is 94.6 Å². The van der Waals surface area contributed by atoms with Crippen molar-refractivity contribution in [2.45, 2.75) is 17.4 Å². The third-order valence-corrected chi connectivity index (χ3v) is 10.6. The van der Waals surface area contributed by atoms with Crippen LogP contribution in [0.4, 0.5) is 14.5 Å². The number of methoxy groups -OCH3 is 1. The van der Waals surface area contributed by atoms with E-state index < -0.39 is 39.2 Å². The van der Waals surface area contributed by atoms with E-state index in [9.17, 15) is 26.8 Å².